The van der Waals surface area contributed by atoms with Crippen LogP contribution in [0.25, 0.3) is 0 Å². The van der Waals surface area contributed by atoms with Gasteiger partial charge in [0.25, 0.3) is 0 Å². The molecule has 0 aliphatic carbocycles. The molecule has 10 amide bonds. The second kappa shape index (κ2) is 39.5. The lowest BCUT2D eigenvalue weighted by Gasteiger charge is -2.29. The van der Waals surface area contributed by atoms with Crippen molar-refractivity contribution in [1.29, 1.82) is 0 Å². The summed E-state index contributed by atoms with van der Waals surface area (Å²) in [4.78, 5) is 188. The van der Waals surface area contributed by atoms with Gasteiger partial charge in [-0.3, -0.25) is 62.3 Å². The zero-order valence-electron chi connectivity index (χ0n) is 53.9. The number of aliphatic hydroxyl groups excluding tert-OH is 1. The Morgan fingerprint density at radius 3 is 1.16 bits per heavy atom. The van der Waals surface area contributed by atoms with E-state index in [1.165, 1.54) is 55.5 Å². The number of benzene rings is 3. The molecule has 0 saturated heterocycles. The molecule has 31 nitrogen and oxygen atoms in total. The fourth-order valence-corrected chi connectivity index (χ4v) is 9.52. The van der Waals surface area contributed by atoms with Gasteiger partial charge in [-0.05, 0) is 84.9 Å². The van der Waals surface area contributed by atoms with Crippen molar-refractivity contribution in [2.45, 2.75) is 179 Å². The van der Waals surface area contributed by atoms with E-state index in [-0.39, 0.29) is 49.5 Å². The maximum absolute atomic E-state index is 14.4. The van der Waals surface area contributed by atoms with Crippen molar-refractivity contribution in [3.63, 3.8) is 0 Å². The van der Waals surface area contributed by atoms with Crippen LogP contribution in [0.15, 0.2) is 78.9 Å². The van der Waals surface area contributed by atoms with Crippen molar-refractivity contribution in [3.8, 4) is 11.5 Å². The Hall–Kier alpha value is -10.0. The fourth-order valence-electron chi connectivity index (χ4n) is 9.52. The van der Waals surface area contributed by atoms with E-state index < -0.39 is 188 Å². The molecular weight excluding hydrogens is 1240 g/mol. The molecule has 0 aliphatic heterocycles. The van der Waals surface area contributed by atoms with Crippen LogP contribution in [0.3, 0.4) is 0 Å². The average molecular weight is 1330 g/mol. The fraction of sp³-hybridized carbons (Fsp3) is 0.500. The predicted octanol–water partition coefficient (Wildman–Crippen LogP) is -1.54. The molecule has 0 spiro atoms. The quantitative estimate of drug-likeness (QED) is 0.0286. The highest BCUT2D eigenvalue weighted by Gasteiger charge is 2.38. The number of aliphatic hydroxyl groups is 1. The van der Waals surface area contributed by atoms with E-state index in [4.69, 9.17) is 5.73 Å². The summed E-state index contributed by atoms with van der Waals surface area (Å²) in [6.07, 6.45) is -5.56. The number of aldehydes is 1. The summed E-state index contributed by atoms with van der Waals surface area (Å²) in [6.45, 7) is 10.8. The van der Waals surface area contributed by atoms with Gasteiger partial charge in [0.1, 0.15) is 72.2 Å². The predicted molar refractivity (Wildman–Crippen MR) is 340 cm³/mol. The van der Waals surface area contributed by atoms with E-state index in [1.807, 2.05) is 0 Å². The minimum absolute atomic E-state index is 0.0999. The Morgan fingerprint density at radius 1 is 0.432 bits per heavy atom. The number of hydrogen-bond donors (Lipinski definition) is 17. The summed E-state index contributed by atoms with van der Waals surface area (Å²) in [7, 11) is 0. The lowest BCUT2D eigenvalue weighted by molar-refractivity contribution is -0.142. The summed E-state index contributed by atoms with van der Waals surface area (Å²) in [5.41, 5.74) is 7.33. The first-order chi connectivity index (χ1) is 44.7. The Kier molecular flexibility index (Phi) is 32.9. The summed E-state index contributed by atoms with van der Waals surface area (Å²) in [5, 5.41) is 84.1. The maximum atomic E-state index is 14.4. The number of phenolic OH excluding ortho intramolecular Hbond substituents is 2. The number of carboxylic acid groups (broad SMARTS) is 3. The molecular formula is C64H89N11O20. The smallest absolute Gasteiger partial charge is 0.305 e. The van der Waals surface area contributed by atoms with Gasteiger partial charge >= 0.3 is 17.9 Å². The molecule has 0 bridgehead atoms. The van der Waals surface area contributed by atoms with Gasteiger partial charge < -0.3 is 94.3 Å². The minimum atomic E-state index is -2.06. The number of carbonyl (C=O) groups is 14. The number of rotatable bonds is 41. The van der Waals surface area contributed by atoms with Crippen LogP contribution in [0.5, 0.6) is 11.5 Å². The average Bonchev–Trinajstić information content (AvgIpc) is 0.907. The Morgan fingerprint density at radius 2 is 0.779 bits per heavy atom. The molecule has 3 aromatic rings. The molecule has 0 aromatic heterocycles. The monoisotopic (exact) mass is 1330 g/mol. The summed E-state index contributed by atoms with van der Waals surface area (Å²) in [6, 6.07) is 2.57. The standard InChI is InChI=1S/C64H89N11O20/c1-8-35(6)53(65)63(94)75-54(36(7)77)64(95)74-47(28-37-12-10-9-11-13-37)59(90)67-42(22-23-50(80)81)56(87)72-48(31-51(82)83)61(92)69-43(26-33(2)3)57(88)68-44(27-34(4)5)58(89)73-49(32-52(84)85)62(93)71-46(30-39-16-20-41(79)21-17-39)60(91)70-45(55(86)66-24-25-76)29-38-14-18-40(78)19-15-38/h9-21,25,33-36,42-49,53-54,77-79H,8,22-24,26-32,65H2,1-7H3,(H,66,86)(H,67,90)(H,68,88)(H,69,92)(H,70,91)(H,71,93)(H,72,87)(H,73,89)(H,74,95)(H,75,94)(H,80,81)(H,82,83)(H,84,85)/t35-,36+,42-,43-,44-,45-,46-,47-,48-,49-,53-,54-/m0/s1. The van der Waals surface area contributed by atoms with Crippen molar-refractivity contribution < 1.29 is 97.8 Å². The number of nitrogens with two attached hydrogens (primary N) is 1. The number of amides is 10. The van der Waals surface area contributed by atoms with Gasteiger partial charge in [-0.15, -0.1) is 0 Å². The molecule has 31 heteroatoms. The molecule has 0 radical (unpaired) electrons. The van der Waals surface area contributed by atoms with E-state index in [2.05, 4.69) is 53.2 Å². The van der Waals surface area contributed by atoms with Crippen LogP contribution in [-0.4, -0.2) is 187 Å². The molecule has 520 valence electrons. The van der Waals surface area contributed by atoms with Crippen LogP contribution in [0, 0.1) is 17.8 Å². The van der Waals surface area contributed by atoms with E-state index in [0.717, 1.165) is 0 Å². The van der Waals surface area contributed by atoms with Gasteiger partial charge in [-0.25, -0.2) is 0 Å². The number of aliphatic carboxylic acids is 3. The van der Waals surface area contributed by atoms with Crippen LogP contribution in [0.4, 0.5) is 0 Å². The van der Waals surface area contributed by atoms with Crippen molar-refractivity contribution in [2.24, 2.45) is 23.5 Å². The summed E-state index contributed by atoms with van der Waals surface area (Å²) >= 11 is 0. The van der Waals surface area contributed by atoms with E-state index in [1.54, 1.807) is 71.9 Å². The second-order valence-electron chi connectivity index (χ2n) is 23.9. The number of aromatic hydroxyl groups is 2. The topological polar surface area (TPSA) is 507 Å². The SMILES string of the molecule is CC[C@H](C)[C@H](N)C(=O)N[C@H](C(=O)N[C@@H](Cc1ccccc1)C(=O)N[C@@H](CCC(=O)O)C(=O)N[C@@H](CC(=O)O)C(=O)N[C@@H](CC(C)C)C(=O)N[C@@H](CC(C)C)C(=O)N[C@@H](CC(=O)O)C(=O)N[C@@H](Cc1ccc(O)cc1)C(=O)N[C@@H](Cc1ccc(O)cc1)C(=O)NCC=O)[C@@H](C)O. The van der Waals surface area contributed by atoms with Crippen molar-refractivity contribution in [1.82, 2.24) is 53.2 Å². The Labute approximate surface area is 548 Å². The number of carboxylic acids is 3. The molecule has 0 fully saturated rings. The Balaban J connectivity index is 1.96. The van der Waals surface area contributed by atoms with Crippen LogP contribution in [-0.2, 0) is 86.4 Å². The molecule has 0 heterocycles. The molecule has 0 saturated carbocycles. The lowest BCUT2D eigenvalue weighted by Crippen LogP contribution is -2.62. The number of carbonyl (C=O) groups excluding carboxylic acids is 11. The lowest BCUT2D eigenvalue weighted by atomic mass is 9.98. The van der Waals surface area contributed by atoms with Crippen molar-refractivity contribution in [2.75, 3.05) is 6.54 Å². The molecule has 0 unspecified atom stereocenters. The number of hydrogen-bond acceptors (Lipinski definition) is 18. The van der Waals surface area contributed by atoms with Crippen LogP contribution in [0.2, 0.25) is 0 Å². The van der Waals surface area contributed by atoms with E-state index in [9.17, 15) is 97.8 Å². The van der Waals surface area contributed by atoms with Gasteiger partial charge in [0, 0.05) is 25.7 Å². The molecule has 18 N–H and O–H groups in total. The van der Waals surface area contributed by atoms with E-state index >= 15 is 0 Å². The second-order valence-corrected chi connectivity index (χ2v) is 23.9. The third-order valence-corrected chi connectivity index (χ3v) is 14.9. The third kappa shape index (κ3) is 28.4. The van der Waals surface area contributed by atoms with Gasteiger partial charge in [0.05, 0.1) is 31.5 Å². The first kappa shape index (κ1) is 79.2. The van der Waals surface area contributed by atoms with Gasteiger partial charge in [-0.1, -0.05) is 103 Å². The Bertz CT molecular complexity index is 3130. The third-order valence-electron chi connectivity index (χ3n) is 14.9. The molecule has 0 aliphatic rings. The molecule has 12 atom stereocenters. The van der Waals surface area contributed by atoms with Crippen molar-refractivity contribution in [3.05, 3.63) is 95.6 Å². The van der Waals surface area contributed by atoms with Crippen LogP contribution >= 0.6 is 0 Å². The van der Waals surface area contributed by atoms with Crippen molar-refractivity contribution >= 4 is 83.3 Å². The highest BCUT2D eigenvalue weighted by Crippen LogP contribution is 2.17. The molecule has 3 aromatic carbocycles. The number of phenols is 2. The first-order valence-electron chi connectivity index (χ1n) is 30.8. The zero-order chi connectivity index (χ0) is 71.2. The van der Waals surface area contributed by atoms with Gasteiger partial charge in [-0.2, -0.15) is 0 Å². The first-order valence-corrected chi connectivity index (χ1v) is 30.8. The normalized spacial score (nSPS) is 14.9. The van der Waals surface area contributed by atoms with E-state index in [0.29, 0.717) is 29.4 Å². The van der Waals surface area contributed by atoms with Crippen LogP contribution < -0.4 is 58.9 Å². The zero-order valence-corrected chi connectivity index (χ0v) is 53.9. The minimum Gasteiger partial charge on any atom is -0.508 e. The highest BCUT2D eigenvalue weighted by atomic mass is 16.4. The largest absolute Gasteiger partial charge is 0.508 e. The maximum Gasteiger partial charge on any atom is 0.305 e. The summed E-state index contributed by atoms with van der Waals surface area (Å²) < 4.78 is 0. The van der Waals surface area contributed by atoms with Crippen LogP contribution in [0.1, 0.15) is 110 Å². The number of nitrogens with one attached hydrogen (secondary N) is 10. The van der Waals surface area contributed by atoms with Gasteiger partial charge in [0.2, 0.25) is 59.1 Å². The molecule has 95 heavy (non-hydrogen) atoms. The summed E-state index contributed by atoms with van der Waals surface area (Å²) in [5.74, 6) is -16.9. The highest BCUT2D eigenvalue weighted by molar-refractivity contribution is 6.00. The molecule has 3 rings (SSSR count). The van der Waals surface area contributed by atoms with Gasteiger partial charge in [0.15, 0.2) is 0 Å².